The van der Waals surface area contributed by atoms with Gasteiger partial charge in [-0.25, -0.2) is 4.79 Å². The first kappa shape index (κ1) is 14.1. The number of aliphatic carboxylic acids is 1. The standard InChI is InChI=1S/C15H21N3O3/c19-14(17-10-4-3-7-13(17)15(20)21)12-8-9-16-18(12)11-5-1-2-6-11/h8-9,11,13H,1-7,10H2,(H,20,21)/t13-/m1/s1. The largest absolute Gasteiger partial charge is 0.480 e. The molecule has 0 radical (unpaired) electrons. The molecule has 1 aliphatic heterocycles. The highest BCUT2D eigenvalue weighted by Gasteiger charge is 2.34. The van der Waals surface area contributed by atoms with Gasteiger partial charge in [-0.2, -0.15) is 5.10 Å². The topological polar surface area (TPSA) is 75.4 Å². The summed E-state index contributed by atoms with van der Waals surface area (Å²) >= 11 is 0. The van der Waals surface area contributed by atoms with Crippen LogP contribution in [0.5, 0.6) is 0 Å². The second-order valence-corrected chi connectivity index (χ2v) is 5.95. The van der Waals surface area contributed by atoms with Gasteiger partial charge in [0, 0.05) is 12.7 Å². The Morgan fingerprint density at radius 1 is 1.14 bits per heavy atom. The van der Waals surface area contributed by atoms with Crippen molar-refractivity contribution in [1.82, 2.24) is 14.7 Å². The van der Waals surface area contributed by atoms with E-state index in [9.17, 15) is 14.7 Å². The minimum absolute atomic E-state index is 0.188. The van der Waals surface area contributed by atoms with Crippen LogP contribution in [0.15, 0.2) is 12.3 Å². The number of piperidine rings is 1. The lowest BCUT2D eigenvalue weighted by Crippen LogP contribution is -2.48. The monoisotopic (exact) mass is 291 g/mol. The van der Waals surface area contributed by atoms with Gasteiger partial charge in [-0.05, 0) is 38.2 Å². The predicted octanol–water partition coefficient (Wildman–Crippen LogP) is 2.08. The molecule has 1 amide bonds. The predicted molar refractivity (Wildman–Crippen MR) is 76.0 cm³/mol. The van der Waals surface area contributed by atoms with Crippen molar-refractivity contribution in [2.75, 3.05) is 6.54 Å². The quantitative estimate of drug-likeness (QED) is 0.925. The van der Waals surface area contributed by atoms with Crippen molar-refractivity contribution in [2.45, 2.75) is 57.0 Å². The fourth-order valence-electron chi connectivity index (χ4n) is 3.50. The first-order chi connectivity index (χ1) is 10.2. The molecule has 1 aromatic heterocycles. The second kappa shape index (κ2) is 5.87. The molecule has 6 nitrogen and oxygen atoms in total. The minimum Gasteiger partial charge on any atom is -0.480 e. The molecule has 1 atom stereocenters. The van der Waals surface area contributed by atoms with Gasteiger partial charge in [-0.3, -0.25) is 9.48 Å². The molecule has 2 fully saturated rings. The maximum absolute atomic E-state index is 12.8. The van der Waals surface area contributed by atoms with Crippen molar-refractivity contribution in [3.05, 3.63) is 18.0 Å². The van der Waals surface area contributed by atoms with Crippen LogP contribution in [0.1, 0.15) is 61.5 Å². The first-order valence-corrected chi connectivity index (χ1v) is 7.76. The van der Waals surface area contributed by atoms with Crippen molar-refractivity contribution in [3.63, 3.8) is 0 Å². The minimum atomic E-state index is -0.907. The van der Waals surface area contributed by atoms with Gasteiger partial charge in [0.25, 0.3) is 5.91 Å². The molecule has 6 heteroatoms. The molecule has 1 N–H and O–H groups in total. The summed E-state index contributed by atoms with van der Waals surface area (Å²) in [5, 5.41) is 13.6. The van der Waals surface area contributed by atoms with Crippen LogP contribution in [-0.2, 0) is 4.79 Å². The maximum atomic E-state index is 12.8. The Kier molecular flexibility index (Phi) is 3.94. The van der Waals surface area contributed by atoms with E-state index in [1.165, 1.54) is 17.7 Å². The molecule has 21 heavy (non-hydrogen) atoms. The van der Waals surface area contributed by atoms with E-state index in [1.807, 2.05) is 4.68 Å². The van der Waals surface area contributed by atoms with Crippen LogP contribution in [0.25, 0.3) is 0 Å². The van der Waals surface area contributed by atoms with Crippen LogP contribution < -0.4 is 0 Å². The van der Waals surface area contributed by atoms with Gasteiger partial charge in [-0.15, -0.1) is 0 Å². The zero-order valence-electron chi connectivity index (χ0n) is 12.1. The van der Waals surface area contributed by atoms with Gasteiger partial charge >= 0.3 is 5.97 Å². The lowest BCUT2D eigenvalue weighted by atomic mass is 10.0. The molecule has 2 heterocycles. The molecule has 0 spiro atoms. The highest BCUT2D eigenvalue weighted by Crippen LogP contribution is 2.30. The summed E-state index contributed by atoms with van der Waals surface area (Å²) in [7, 11) is 0. The molecule has 0 unspecified atom stereocenters. The number of carbonyl (C=O) groups is 2. The third-order valence-electron chi connectivity index (χ3n) is 4.61. The molecular weight excluding hydrogens is 270 g/mol. The molecule has 1 aliphatic carbocycles. The Morgan fingerprint density at radius 3 is 2.57 bits per heavy atom. The molecule has 2 aliphatic rings. The van der Waals surface area contributed by atoms with Crippen molar-refractivity contribution in [1.29, 1.82) is 0 Å². The van der Waals surface area contributed by atoms with E-state index in [2.05, 4.69) is 5.10 Å². The van der Waals surface area contributed by atoms with Crippen LogP contribution in [0.2, 0.25) is 0 Å². The van der Waals surface area contributed by atoms with E-state index >= 15 is 0 Å². The number of hydrogen-bond donors (Lipinski definition) is 1. The molecule has 1 saturated heterocycles. The molecule has 0 bridgehead atoms. The zero-order chi connectivity index (χ0) is 14.8. The number of rotatable bonds is 3. The van der Waals surface area contributed by atoms with Crippen molar-refractivity contribution in [3.8, 4) is 0 Å². The van der Waals surface area contributed by atoms with Gasteiger partial charge in [-0.1, -0.05) is 12.8 Å². The van der Waals surface area contributed by atoms with E-state index in [1.54, 1.807) is 12.3 Å². The van der Waals surface area contributed by atoms with E-state index in [0.29, 0.717) is 18.7 Å². The Morgan fingerprint density at radius 2 is 1.86 bits per heavy atom. The van der Waals surface area contributed by atoms with Crippen molar-refractivity contribution in [2.24, 2.45) is 0 Å². The van der Waals surface area contributed by atoms with Crippen LogP contribution in [0, 0.1) is 0 Å². The van der Waals surface area contributed by atoms with Crippen LogP contribution in [0.3, 0.4) is 0 Å². The van der Waals surface area contributed by atoms with Gasteiger partial charge in [0.05, 0.1) is 6.04 Å². The lowest BCUT2D eigenvalue weighted by Gasteiger charge is -2.33. The number of carboxylic acids is 1. The smallest absolute Gasteiger partial charge is 0.326 e. The second-order valence-electron chi connectivity index (χ2n) is 5.95. The normalized spacial score (nSPS) is 23.4. The number of nitrogens with zero attached hydrogens (tertiary/aromatic N) is 3. The molecule has 0 aromatic carbocycles. The first-order valence-electron chi connectivity index (χ1n) is 7.76. The van der Waals surface area contributed by atoms with Crippen molar-refractivity contribution >= 4 is 11.9 Å². The maximum Gasteiger partial charge on any atom is 0.326 e. The average Bonchev–Trinajstić information content (AvgIpc) is 3.16. The summed E-state index contributed by atoms with van der Waals surface area (Å²) in [5.74, 6) is -1.10. The number of carboxylic acid groups (broad SMARTS) is 1. The molecular formula is C15H21N3O3. The summed E-state index contributed by atoms with van der Waals surface area (Å²) in [6.07, 6.45) is 8.34. The number of hydrogen-bond acceptors (Lipinski definition) is 3. The van der Waals surface area contributed by atoms with Gasteiger partial charge in [0.2, 0.25) is 0 Å². The number of aromatic nitrogens is 2. The number of carbonyl (C=O) groups excluding carboxylic acids is 1. The molecule has 114 valence electrons. The number of amides is 1. The van der Waals surface area contributed by atoms with Crippen LogP contribution >= 0.6 is 0 Å². The van der Waals surface area contributed by atoms with E-state index in [4.69, 9.17) is 0 Å². The zero-order valence-corrected chi connectivity index (χ0v) is 12.1. The van der Waals surface area contributed by atoms with E-state index in [0.717, 1.165) is 25.7 Å². The average molecular weight is 291 g/mol. The van der Waals surface area contributed by atoms with E-state index < -0.39 is 12.0 Å². The summed E-state index contributed by atoms with van der Waals surface area (Å²) in [6, 6.07) is 1.30. The SMILES string of the molecule is O=C(O)[C@H]1CCCCN1C(=O)c1ccnn1C1CCCC1. The fraction of sp³-hybridized carbons (Fsp3) is 0.667. The lowest BCUT2D eigenvalue weighted by molar-refractivity contribution is -0.143. The summed E-state index contributed by atoms with van der Waals surface area (Å²) in [5.41, 5.74) is 0.537. The number of likely N-dealkylation sites (tertiary alicyclic amines) is 1. The van der Waals surface area contributed by atoms with Gasteiger partial charge in [0.15, 0.2) is 0 Å². The van der Waals surface area contributed by atoms with E-state index in [-0.39, 0.29) is 11.9 Å². The summed E-state index contributed by atoms with van der Waals surface area (Å²) in [6.45, 7) is 0.519. The fourth-order valence-corrected chi connectivity index (χ4v) is 3.50. The van der Waals surface area contributed by atoms with Gasteiger partial charge in [0.1, 0.15) is 11.7 Å². The molecule has 1 saturated carbocycles. The highest BCUT2D eigenvalue weighted by atomic mass is 16.4. The Bertz CT molecular complexity index is 534. The van der Waals surface area contributed by atoms with Gasteiger partial charge < -0.3 is 10.0 Å². The van der Waals surface area contributed by atoms with Crippen LogP contribution in [0.4, 0.5) is 0 Å². The molecule has 3 rings (SSSR count). The van der Waals surface area contributed by atoms with Crippen molar-refractivity contribution < 1.29 is 14.7 Å². The summed E-state index contributed by atoms with van der Waals surface area (Å²) in [4.78, 5) is 25.6. The third kappa shape index (κ3) is 2.66. The summed E-state index contributed by atoms with van der Waals surface area (Å²) < 4.78 is 1.81. The Balaban J connectivity index is 1.84. The Labute approximate surface area is 123 Å². The Hall–Kier alpha value is -1.85. The highest BCUT2D eigenvalue weighted by molar-refractivity contribution is 5.95. The third-order valence-corrected chi connectivity index (χ3v) is 4.61. The molecule has 1 aromatic rings. The van der Waals surface area contributed by atoms with Crippen LogP contribution in [-0.4, -0.2) is 44.3 Å².